The summed E-state index contributed by atoms with van der Waals surface area (Å²) >= 11 is 0. The number of nitrogens with zero attached hydrogens (tertiary/aromatic N) is 5. The molecule has 10 heteroatoms. The quantitative estimate of drug-likeness (QED) is 0.496. The van der Waals surface area contributed by atoms with Crippen molar-refractivity contribution in [1.82, 2.24) is 23.7 Å². The first-order valence-electron chi connectivity index (χ1n) is 10.5. The van der Waals surface area contributed by atoms with E-state index >= 15 is 0 Å². The van der Waals surface area contributed by atoms with Gasteiger partial charge in [0.05, 0.1) is 11.9 Å². The Balaban J connectivity index is 1.46. The molecule has 166 valence electrons. The van der Waals surface area contributed by atoms with E-state index < -0.39 is 10.0 Å². The third-order valence-electron chi connectivity index (χ3n) is 5.82. The lowest BCUT2D eigenvalue weighted by Gasteiger charge is -2.30. The van der Waals surface area contributed by atoms with Crippen molar-refractivity contribution >= 4 is 21.8 Å². The number of hydrogen-bond acceptors (Lipinski definition) is 7. The smallest absolute Gasteiger partial charge is 0.306 e. The van der Waals surface area contributed by atoms with Gasteiger partial charge in [0, 0.05) is 37.1 Å². The molecule has 1 N–H and O–H groups in total. The Morgan fingerprint density at radius 3 is 2.66 bits per heavy atom. The number of rotatable bonds is 5. The lowest BCUT2D eigenvalue weighted by Crippen LogP contribution is -2.42. The Hall–Kier alpha value is -3.24. The number of fused-ring (bicyclic) bond motifs is 1. The molecule has 9 nitrogen and oxygen atoms in total. The number of piperidine rings is 1. The van der Waals surface area contributed by atoms with E-state index in [4.69, 9.17) is 14.4 Å². The van der Waals surface area contributed by atoms with E-state index in [1.807, 2.05) is 34.9 Å². The predicted octanol–water partition coefficient (Wildman–Crippen LogP) is 3.20. The second-order valence-electron chi connectivity index (χ2n) is 8.03. The second-order valence-corrected chi connectivity index (χ2v) is 10.0. The lowest BCUT2D eigenvalue weighted by atomic mass is 10.0. The van der Waals surface area contributed by atoms with Gasteiger partial charge in [0.2, 0.25) is 16.0 Å². The minimum absolute atomic E-state index is 0.110. The third kappa shape index (κ3) is 3.87. The Kier molecular flexibility index (Phi) is 5.18. The number of aromatic nitrogens is 4. The van der Waals surface area contributed by atoms with Crippen molar-refractivity contribution < 1.29 is 12.8 Å². The molecular weight excluding hydrogens is 428 g/mol. The van der Waals surface area contributed by atoms with Gasteiger partial charge in [-0.05, 0) is 31.4 Å². The summed E-state index contributed by atoms with van der Waals surface area (Å²) in [6, 6.07) is 10.0. The van der Waals surface area contributed by atoms with Crippen LogP contribution in [0.3, 0.4) is 0 Å². The fourth-order valence-electron chi connectivity index (χ4n) is 4.13. The predicted molar refractivity (Wildman–Crippen MR) is 122 cm³/mol. The Bertz CT molecular complexity index is 1370. The minimum atomic E-state index is -3.15. The molecule has 1 aliphatic heterocycles. The molecule has 1 aromatic carbocycles. The standard InChI is InChI=1S/C22H24N6O3S/c1-15-5-3-4-6-17(15)19-20(28-13-14-31-22(28)26-19)18-7-10-23-21(25-18)24-16-8-11-27(12-9-16)32(2,29)30/h3-7,10,13-14,16H,8-9,11-12H2,1-2H3,(H,23,24,25). The number of sulfonamides is 1. The van der Waals surface area contributed by atoms with Crippen molar-refractivity contribution in [2.75, 3.05) is 24.7 Å². The van der Waals surface area contributed by atoms with Crippen molar-refractivity contribution in [1.29, 1.82) is 0 Å². The second kappa shape index (κ2) is 8.03. The molecule has 0 saturated carbocycles. The van der Waals surface area contributed by atoms with Crippen LogP contribution in [0.4, 0.5) is 5.95 Å². The summed E-state index contributed by atoms with van der Waals surface area (Å²) in [6.07, 6.45) is 7.80. The molecule has 1 fully saturated rings. The highest BCUT2D eigenvalue weighted by molar-refractivity contribution is 7.88. The fraction of sp³-hybridized carbons (Fsp3) is 0.318. The summed E-state index contributed by atoms with van der Waals surface area (Å²) < 4.78 is 32.5. The van der Waals surface area contributed by atoms with Crippen LogP contribution in [0.15, 0.2) is 53.4 Å². The Morgan fingerprint density at radius 2 is 1.91 bits per heavy atom. The van der Waals surface area contributed by atoms with Crippen molar-refractivity contribution in [3.63, 3.8) is 0 Å². The van der Waals surface area contributed by atoms with Crippen molar-refractivity contribution in [3.05, 3.63) is 54.6 Å². The number of anilines is 1. The topological polar surface area (TPSA) is 106 Å². The summed E-state index contributed by atoms with van der Waals surface area (Å²) in [5, 5.41) is 3.37. The number of nitrogens with one attached hydrogen (secondary N) is 1. The normalized spacial score (nSPS) is 15.9. The zero-order chi connectivity index (χ0) is 22.3. The van der Waals surface area contributed by atoms with Gasteiger partial charge in [-0.15, -0.1) is 0 Å². The highest BCUT2D eigenvalue weighted by Gasteiger charge is 2.26. The molecule has 3 aromatic heterocycles. The van der Waals surface area contributed by atoms with Gasteiger partial charge in [-0.1, -0.05) is 24.3 Å². The maximum Gasteiger partial charge on any atom is 0.306 e. The maximum absolute atomic E-state index is 11.7. The van der Waals surface area contributed by atoms with E-state index in [0.717, 1.165) is 28.2 Å². The summed E-state index contributed by atoms with van der Waals surface area (Å²) in [6.45, 7) is 3.04. The highest BCUT2D eigenvalue weighted by atomic mass is 32.2. The summed E-state index contributed by atoms with van der Waals surface area (Å²) in [5.41, 5.74) is 4.49. The number of oxazole rings is 1. The number of imidazole rings is 1. The number of hydrogen-bond donors (Lipinski definition) is 1. The van der Waals surface area contributed by atoms with Crippen LogP contribution in [-0.4, -0.2) is 57.5 Å². The van der Waals surface area contributed by atoms with Crippen LogP contribution >= 0.6 is 0 Å². The van der Waals surface area contributed by atoms with Crippen LogP contribution in [-0.2, 0) is 10.0 Å². The van der Waals surface area contributed by atoms with Gasteiger partial charge in [0.15, 0.2) is 0 Å². The van der Waals surface area contributed by atoms with E-state index in [2.05, 4.69) is 23.3 Å². The van der Waals surface area contributed by atoms with E-state index in [-0.39, 0.29) is 6.04 Å². The number of aryl methyl sites for hydroxylation is 1. The molecule has 5 rings (SSSR count). The van der Waals surface area contributed by atoms with Crippen LogP contribution in [0.5, 0.6) is 0 Å². The fourth-order valence-corrected chi connectivity index (χ4v) is 5.01. The SMILES string of the molecule is Cc1ccccc1-c1nc2occn2c1-c1ccnc(NC2CCN(S(C)(=O)=O)CC2)n1. The van der Waals surface area contributed by atoms with E-state index in [1.54, 1.807) is 12.5 Å². The molecule has 0 amide bonds. The summed E-state index contributed by atoms with van der Waals surface area (Å²) in [7, 11) is -3.15. The Labute approximate surface area is 186 Å². The highest BCUT2D eigenvalue weighted by Crippen LogP contribution is 2.34. The van der Waals surface area contributed by atoms with Crippen molar-refractivity contribution in [2.45, 2.75) is 25.8 Å². The monoisotopic (exact) mass is 452 g/mol. The van der Waals surface area contributed by atoms with Gasteiger partial charge in [-0.25, -0.2) is 22.7 Å². The van der Waals surface area contributed by atoms with Crippen LogP contribution in [0.2, 0.25) is 0 Å². The van der Waals surface area contributed by atoms with Crippen LogP contribution in [0, 0.1) is 6.92 Å². The van der Waals surface area contributed by atoms with Gasteiger partial charge < -0.3 is 9.73 Å². The van der Waals surface area contributed by atoms with Gasteiger partial charge in [0.25, 0.3) is 0 Å². The molecule has 0 atom stereocenters. The van der Waals surface area contributed by atoms with E-state index in [9.17, 15) is 8.42 Å². The zero-order valence-corrected chi connectivity index (χ0v) is 18.7. The average molecular weight is 453 g/mol. The first-order chi connectivity index (χ1) is 15.4. The molecule has 1 saturated heterocycles. The molecule has 0 radical (unpaired) electrons. The van der Waals surface area contributed by atoms with Crippen LogP contribution < -0.4 is 5.32 Å². The molecule has 0 aliphatic carbocycles. The molecular formula is C22H24N6O3S. The lowest BCUT2D eigenvalue weighted by molar-refractivity contribution is 0.331. The van der Waals surface area contributed by atoms with Gasteiger partial charge in [-0.2, -0.15) is 4.98 Å². The molecule has 0 spiro atoms. The van der Waals surface area contributed by atoms with Crippen molar-refractivity contribution in [3.8, 4) is 22.6 Å². The molecule has 1 aliphatic rings. The van der Waals surface area contributed by atoms with Crippen molar-refractivity contribution in [2.24, 2.45) is 0 Å². The van der Waals surface area contributed by atoms with E-state index in [0.29, 0.717) is 37.7 Å². The summed E-state index contributed by atoms with van der Waals surface area (Å²) in [4.78, 5) is 13.9. The third-order valence-corrected chi connectivity index (χ3v) is 7.12. The molecule has 4 aromatic rings. The largest absolute Gasteiger partial charge is 0.432 e. The first kappa shape index (κ1) is 20.7. The molecule has 4 heterocycles. The maximum atomic E-state index is 11.7. The number of benzene rings is 1. The zero-order valence-electron chi connectivity index (χ0n) is 17.9. The average Bonchev–Trinajstić information content (AvgIpc) is 3.35. The molecule has 32 heavy (non-hydrogen) atoms. The minimum Gasteiger partial charge on any atom is -0.432 e. The first-order valence-corrected chi connectivity index (χ1v) is 12.3. The van der Waals surface area contributed by atoms with Gasteiger partial charge in [-0.3, -0.25) is 4.40 Å². The van der Waals surface area contributed by atoms with Crippen LogP contribution in [0.1, 0.15) is 18.4 Å². The van der Waals surface area contributed by atoms with E-state index in [1.165, 1.54) is 10.6 Å². The Morgan fingerprint density at radius 1 is 1.12 bits per heavy atom. The van der Waals surface area contributed by atoms with Gasteiger partial charge >= 0.3 is 5.84 Å². The van der Waals surface area contributed by atoms with Crippen LogP contribution in [0.25, 0.3) is 28.5 Å². The molecule has 0 unspecified atom stereocenters. The summed E-state index contributed by atoms with van der Waals surface area (Å²) in [5.74, 6) is 1.01. The van der Waals surface area contributed by atoms with Gasteiger partial charge in [0.1, 0.15) is 17.7 Å². The molecule has 0 bridgehead atoms.